The van der Waals surface area contributed by atoms with Crippen LogP contribution < -0.4 is 5.32 Å². The SMILES string of the molecule is Oc1cccc(CNc2cc(-n3cnnn3)ccc2Cl)c1. The summed E-state index contributed by atoms with van der Waals surface area (Å²) in [5, 5.41) is 24.3. The Morgan fingerprint density at radius 1 is 1.19 bits per heavy atom. The fourth-order valence-corrected chi connectivity index (χ4v) is 2.12. The molecule has 0 fully saturated rings. The monoisotopic (exact) mass is 301 g/mol. The van der Waals surface area contributed by atoms with Gasteiger partial charge in [-0.3, -0.25) is 0 Å². The van der Waals surface area contributed by atoms with Crippen LogP contribution in [0.2, 0.25) is 5.02 Å². The highest BCUT2D eigenvalue weighted by Crippen LogP contribution is 2.25. The highest BCUT2D eigenvalue weighted by Gasteiger charge is 2.05. The molecule has 0 aliphatic heterocycles. The fourth-order valence-electron chi connectivity index (χ4n) is 1.93. The van der Waals surface area contributed by atoms with Crippen molar-refractivity contribution in [2.24, 2.45) is 0 Å². The molecule has 0 unspecified atom stereocenters. The van der Waals surface area contributed by atoms with Gasteiger partial charge in [-0.15, -0.1) is 5.10 Å². The number of tetrazole rings is 1. The molecule has 1 aromatic heterocycles. The average Bonchev–Trinajstić information content (AvgIpc) is 3.01. The third kappa shape index (κ3) is 3.11. The van der Waals surface area contributed by atoms with E-state index in [9.17, 15) is 5.11 Å². The van der Waals surface area contributed by atoms with Crippen molar-refractivity contribution in [3.8, 4) is 11.4 Å². The van der Waals surface area contributed by atoms with Crippen LogP contribution in [0, 0.1) is 0 Å². The molecule has 3 aromatic rings. The molecule has 0 amide bonds. The second kappa shape index (κ2) is 5.80. The second-order valence-corrected chi connectivity index (χ2v) is 4.85. The molecule has 0 bridgehead atoms. The molecule has 106 valence electrons. The smallest absolute Gasteiger partial charge is 0.143 e. The van der Waals surface area contributed by atoms with Crippen LogP contribution >= 0.6 is 11.6 Å². The van der Waals surface area contributed by atoms with Crippen molar-refractivity contribution < 1.29 is 5.11 Å². The Morgan fingerprint density at radius 3 is 2.86 bits per heavy atom. The summed E-state index contributed by atoms with van der Waals surface area (Å²) in [4.78, 5) is 0. The van der Waals surface area contributed by atoms with Crippen LogP contribution in [0.1, 0.15) is 5.56 Å². The standard InChI is InChI=1S/C14H12ClN5O/c15-13-5-4-11(20-9-17-18-19-20)7-14(13)16-8-10-2-1-3-12(21)6-10/h1-7,9,16,21H,8H2. The number of benzene rings is 2. The lowest BCUT2D eigenvalue weighted by Gasteiger charge is -2.10. The number of hydrogen-bond donors (Lipinski definition) is 2. The molecular weight excluding hydrogens is 290 g/mol. The molecule has 0 saturated heterocycles. The van der Waals surface area contributed by atoms with E-state index in [1.165, 1.54) is 6.33 Å². The van der Waals surface area contributed by atoms with E-state index in [1.54, 1.807) is 28.9 Å². The lowest BCUT2D eigenvalue weighted by molar-refractivity contribution is 0.474. The van der Waals surface area contributed by atoms with Gasteiger partial charge in [0.2, 0.25) is 0 Å². The van der Waals surface area contributed by atoms with E-state index in [-0.39, 0.29) is 5.75 Å². The maximum absolute atomic E-state index is 9.45. The van der Waals surface area contributed by atoms with Crippen LogP contribution in [0.5, 0.6) is 5.75 Å². The Morgan fingerprint density at radius 2 is 2.10 bits per heavy atom. The summed E-state index contributed by atoms with van der Waals surface area (Å²) < 4.78 is 1.55. The number of halogens is 1. The van der Waals surface area contributed by atoms with Crippen LogP contribution in [0.3, 0.4) is 0 Å². The molecule has 3 rings (SSSR count). The molecular formula is C14H12ClN5O. The van der Waals surface area contributed by atoms with Crippen molar-refractivity contribution in [1.29, 1.82) is 0 Å². The van der Waals surface area contributed by atoms with Gasteiger partial charge < -0.3 is 10.4 Å². The zero-order valence-corrected chi connectivity index (χ0v) is 11.7. The zero-order valence-electron chi connectivity index (χ0n) is 10.9. The van der Waals surface area contributed by atoms with Crippen LogP contribution in [0.15, 0.2) is 48.8 Å². The summed E-state index contributed by atoms with van der Waals surface area (Å²) in [6.07, 6.45) is 1.52. The Hall–Kier alpha value is -2.60. The van der Waals surface area contributed by atoms with E-state index in [1.807, 2.05) is 18.2 Å². The number of hydrogen-bond acceptors (Lipinski definition) is 5. The maximum Gasteiger partial charge on any atom is 0.143 e. The summed E-state index contributed by atoms with van der Waals surface area (Å²) >= 11 is 6.18. The zero-order chi connectivity index (χ0) is 14.7. The van der Waals surface area contributed by atoms with E-state index < -0.39 is 0 Å². The number of phenols is 1. The van der Waals surface area contributed by atoms with Crippen LogP contribution in [-0.4, -0.2) is 25.3 Å². The van der Waals surface area contributed by atoms with Crippen molar-refractivity contribution in [1.82, 2.24) is 20.2 Å². The van der Waals surface area contributed by atoms with Crippen molar-refractivity contribution in [2.75, 3.05) is 5.32 Å². The third-order valence-electron chi connectivity index (χ3n) is 2.96. The molecule has 0 saturated carbocycles. The van der Waals surface area contributed by atoms with Crippen LogP contribution in [0.25, 0.3) is 5.69 Å². The Labute approximate surface area is 126 Å². The van der Waals surface area contributed by atoms with Gasteiger partial charge in [-0.2, -0.15) is 0 Å². The molecule has 7 heteroatoms. The van der Waals surface area contributed by atoms with Gasteiger partial charge in [0.1, 0.15) is 12.1 Å². The number of phenolic OH excluding ortho intramolecular Hbond substituents is 1. The van der Waals surface area contributed by atoms with E-state index in [0.29, 0.717) is 11.6 Å². The number of aromatic hydroxyl groups is 1. The lowest BCUT2D eigenvalue weighted by Crippen LogP contribution is -2.02. The number of rotatable bonds is 4. The van der Waals surface area contributed by atoms with Crippen molar-refractivity contribution in [2.45, 2.75) is 6.54 Å². The summed E-state index contributed by atoms with van der Waals surface area (Å²) in [5.41, 5.74) is 2.54. The third-order valence-corrected chi connectivity index (χ3v) is 3.29. The largest absolute Gasteiger partial charge is 0.508 e. The summed E-state index contributed by atoms with van der Waals surface area (Å²) in [6.45, 7) is 0.549. The minimum atomic E-state index is 0.239. The summed E-state index contributed by atoms with van der Waals surface area (Å²) in [7, 11) is 0. The van der Waals surface area contributed by atoms with E-state index in [4.69, 9.17) is 11.6 Å². The van der Waals surface area contributed by atoms with Crippen LogP contribution in [0.4, 0.5) is 5.69 Å². The van der Waals surface area contributed by atoms with Gasteiger partial charge in [-0.05, 0) is 46.3 Å². The maximum atomic E-state index is 9.45. The first kappa shape index (κ1) is 13.4. The van der Waals surface area contributed by atoms with Gasteiger partial charge in [0, 0.05) is 6.54 Å². The molecule has 0 aliphatic rings. The highest BCUT2D eigenvalue weighted by atomic mass is 35.5. The molecule has 0 radical (unpaired) electrons. The fraction of sp³-hybridized carbons (Fsp3) is 0.0714. The van der Waals surface area contributed by atoms with E-state index in [0.717, 1.165) is 16.9 Å². The lowest BCUT2D eigenvalue weighted by atomic mass is 10.2. The number of anilines is 1. The number of nitrogens with zero attached hydrogens (tertiary/aromatic N) is 4. The summed E-state index contributed by atoms with van der Waals surface area (Å²) in [6, 6.07) is 12.5. The normalized spacial score (nSPS) is 10.5. The number of aromatic nitrogens is 4. The van der Waals surface area contributed by atoms with Gasteiger partial charge in [0.15, 0.2) is 0 Å². The minimum absolute atomic E-state index is 0.239. The molecule has 6 nitrogen and oxygen atoms in total. The van der Waals surface area contributed by atoms with Crippen molar-refractivity contribution >= 4 is 17.3 Å². The second-order valence-electron chi connectivity index (χ2n) is 4.44. The van der Waals surface area contributed by atoms with E-state index in [2.05, 4.69) is 20.8 Å². The van der Waals surface area contributed by atoms with Gasteiger partial charge in [0.05, 0.1) is 16.4 Å². The molecule has 0 atom stereocenters. The highest BCUT2D eigenvalue weighted by molar-refractivity contribution is 6.33. The molecule has 0 aliphatic carbocycles. The molecule has 21 heavy (non-hydrogen) atoms. The predicted molar refractivity (Wildman–Crippen MR) is 79.6 cm³/mol. The predicted octanol–water partition coefficient (Wildman–Crippen LogP) is 2.63. The first-order valence-corrected chi connectivity index (χ1v) is 6.65. The van der Waals surface area contributed by atoms with Crippen LogP contribution in [-0.2, 0) is 6.54 Å². The Balaban J connectivity index is 1.80. The topological polar surface area (TPSA) is 75.9 Å². The quantitative estimate of drug-likeness (QED) is 0.775. The molecule has 1 heterocycles. The van der Waals surface area contributed by atoms with E-state index >= 15 is 0 Å². The Bertz CT molecular complexity index is 745. The minimum Gasteiger partial charge on any atom is -0.508 e. The molecule has 2 N–H and O–H groups in total. The van der Waals surface area contributed by atoms with Crippen molar-refractivity contribution in [3.05, 3.63) is 59.4 Å². The van der Waals surface area contributed by atoms with Gasteiger partial charge in [0.25, 0.3) is 0 Å². The first-order chi connectivity index (χ1) is 10.2. The van der Waals surface area contributed by atoms with Gasteiger partial charge in [-0.25, -0.2) is 4.68 Å². The number of nitrogens with one attached hydrogen (secondary N) is 1. The first-order valence-electron chi connectivity index (χ1n) is 6.27. The Kier molecular flexibility index (Phi) is 3.70. The molecule has 2 aromatic carbocycles. The summed E-state index contributed by atoms with van der Waals surface area (Å²) in [5.74, 6) is 0.239. The van der Waals surface area contributed by atoms with Gasteiger partial charge >= 0.3 is 0 Å². The van der Waals surface area contributed by atoms with Crippen molar-refractivity contribution in [3.63, 3.8) is 0 Å². The average molecular weight is 302 g/mol. The molecule has 0 spiro atoms. The van der Waals surface area contributed by atoms with Gasteiger partial charge in [-0.1, -0.05) is 23.7 Å².